The molecule has 0 fully saturated rings. The van der Waals surface area contributed by atoms with Crippen molar-refractivity contribution in [2.75, 3.05) is 7.11 Å². The molecule has 0 spiro atoms. The van der Waals surface area contributed by atoms with Crippen LogP contribution in [0.2, 0.25) is 0 Å². The van der Waals surface area contributed by atoms with Gasteiger partial charge >= 0.3 is 5.97 Å². The fraction of sp³-hybridized carbons (Fsp3) is 0.200. The average Bonchev–Trinajstić information content (AvgIpc) is 2.98. The van der Waals surface area contributed by atoms with Gasteiger partial charge in [-0.25, -0.2) is 14.2 Å². The molecule has 0 saturated carbocycles. The summed E-state index contributed by atoms with van der Waals surface area (Å²) in [5.74, 6) is 0.430. The van der Waals surface area contributed by atoms with Crippen LogP contribution >= 0.6 is 22.6 Å². The lowest BCUT2D eigenvalue weighted by Crippen LogP contribution is -2.08. The lowest BCUT2D eigenvalue weighted by Gasteiger charge is -2.15. The molecule has 27 heavy (non-hydrogen) atoms. The Bertz CT molecular complexity index is 936. The van der Waals surface area contributed by atoms with Crippen LogP contribution in [-0.2, 0) is 9.53 Å². The first-order valence-electron chi connectivity index (χ1n) is 8.20. The van der Waals surface area contributed by atoms with E-state index in [0.717, 1.165) is 9.13 Å². The van der Waals surface area contributed by atoms with Crippen molar-refractivity contribution >= 4 is 40.5 Å². The maximum atomic E-state index is 13.1. The summed E-state index contributed by atoms with van der Waals surface area (Å²) in [6, 6.07) is 9.23. The van der Waals surface area contributed by atoms with Crippen molar-refractivity contribution in [3.05, 3.63) is 62.6 Å². The average molecular weight is 481 g/mol. The third kappa shape index (κ3) is 4.47. The fourth-order valence-electron chi connectivity index (χ4n) is 2.46. The number of rotatable bonds is 5. The molecule has 0 amide bonds. The van der Waals surface area contributed by atoms with Crippen molar-refractivity contribution in [3.63, 3.8) is 0 Å². The maximum Gasteiger partial charge on any atom is 0.363 e. The zero-order valence-corrected chi connectivity index (χ0v) is 17.1. The van der Waals surface area contributed by atoms with Gasteiger partial charge in [-0.1, -0.05) is 0 Å². The van der Waals surface area contributed by atoms with Crippen LogP contribution in [0.1, 0.15) is 25.0 Å². The van der Waals surface area contributed by atoms with Crippen molar-refractivity contribution in [1.82, 2.24) is 0 Å². The van der Waals surface area contributed by atoms with E-state index in [-0.39, 0.29) is 23.5 Å². The Morgan fingerprint density at radius 2 is 1.93 bits per heavy atom. The second kappa shape index (κ2) is 8.08. The first-order valence-corrected chi connectivity index (χ1v) is 9.28. The largest absolute Gasteiger partial charge is 0.493 e. The SMILES string of the molecule is COc1cc(/C=C2\N=C(c3ccc(F)cc3)OC2=O)cc(I)c1OC(C)C. The van der Waals surface area contributed by atoms with Gasteiger partial charge in [0, 0.05) is 5.56 Å². The van der Waals surface area contributed by atoms with Crippen LogP contribution in [0.25, 0.3) is 6.08 Å². The number of methoxy groups -OCH3 is 1. The van der Waals surface area contributed by atoms with Crippen LogP contribution in [0.4, 0.5) is 4.39 Å². The highest BCUT2D eigenvalue weighted by molar-refractivity contribution is 14.1. The van der Waals surface area contributed by atoms with Crippen LogP contribution < -0.4 is 9.47 Å². The highest BCUT2D eigenvalue weighted by Gasteiger charge is 2.24. The predicted octanol–water partition coefficient (Wildman–Crippen LogP) is 4.57. The van der Waals surface area contributed by atoms with E-state index in [0.29, 0.717) is 17.1 Å². The summed E-state index contributed by atoms with van der Waals surface area (Å²) in [5.41, 5.74) is 1.41. The normalized spacial score (nSPS) is 15.1. The summed E-state index contributed by atoms with van der Waals surface area (Å²) in [5, 5.41) is 0. The molecule has 2 aromatic rings. The molecule has 5 nitrogen and oxygen atoms in total. The molecule has 1 heterocycles. The lowest BCUT2D eigenvalue weighted by atomic mass is 10.1. The van der Waals surface area contributed by atoms with E-state index < -0.39 is 5.97 Å². The summed E-state index contributed by atoms with van der Waals surface area (Å²) in [7, 11) is 1.56. The number of aliphatic imine (C=N–C) groups is 1. The first kappa shape index (κ1) is 19.3. The van der Waals surface area contributed by atoms with Crippen molar-refractivity contribution in [3.8, 4) is 11.5 Å². The van der Waals surface area contributed by atoms with Crippen molar-refractivity contribution in [2.45, 2.75) is 20.0 Å². The van der Waals surface area contributed by atoms with E-state index in [1.165, 1.54) is 24.3 Å². The van der Waals surface area contributed by atoms with Gasteiger partial charge in [-0.2, -0.15) is 0 Å². The fourth-order valence-corrected chi connectivity index (χ4v) is 3.21. The molecule has 2 aromatic carbocycles. The molecule has 0 aliphatic carbocycles. The monoisotopic (exact) mass is 481 g/mol. The lowest BCUT2D eigenvalue weighted by molar-refractivity contribution is -0.129. The number of hydrogen-bond donors (Lipinski definition) is 0. The molecular formula is C20H17FINO4. The van der Waals surface area contributed by atoms with E-state index in [9.17, 15) is 9.18 Å². The predicted molar refractivity (Wildman–Crippen MR) is 108 cm³/mol. The number of nitrogens with zero attached hydrogens (tertiary/aromatic N) is 1. The second-order valence-corrected chi connectivity index (χ2v) is 7.21. The number of carbonyl (C=O) groups is 1. The van der Waals surface area contributed by atoms with Crippen molar-refractivity contribution in [2.24, 2.45) is 4.99 Å². The van der Waals surface area contributed by atoms with Gasteiger partial charge in [-0.15, -0.1) is 0 Å². The number of halogens is 2. The Hall–Kier alpha value is -2.42. The molecule has 0 bridgehead atoms. The van der Waals surface area contributed by atoms with Crippen LogP contribution in [0, 0.1) is 9.39 Å². The number of benzene rings is 2. The van der Waals surface area contributed by atoms with E-state index in [1.807, 2.05) is 19.9 Å². The number of carbonyl (C=O) groups excluding carboxylic acids is 1. The molecule has 1 aliphatic rings. The Morgan fingerprint density at radius 1 is 1.22 bits per heavy atom. The summed E-state index contributed by atoms with van der Waals surface area (Å²) >= 11 is 2.15. The Morgan fingerprint density at radius 3 is 2.56 bits per heavy atom. The minimum atomic E-state index is -0.564. The van der Waals surface area contributed by atoms with E-state index in [4.69, 9.17) is 14.2 Å². The van der Waals surface area contributed by atoms with Gasteiger partial charge in [0.15, 0.2) is 17.2 Å². The molecule has 3 rings (SSSR count). The molecule has 0 atom stereocenters. The van der Waals surface area contributed by atoms with Crippen LogP contribution in [-0.4, -0.2) is 25.1 Å². The van der Waals surface area contributed by atoms with E-state index in [1.54, 1.807) is 19.3 Å². The first-order chi connectivity index (χ1) is 12.9. The maximum absolute atomic E-state index is 13.1. The zero-order chi connectivity index (χ0) is 19.6. The van der Waals surface area contributed by atoms with E-state index in [2.05, 4.69) is 27.6 Å². The summed E-state index contributed by atoms with van der Waals surface area (Å²) in [6.07, 6.45) is 1.62. The number of esters is 1. The van der Waals surface area contributed by atoms with Gasteiger partial charge in [-0.05, 0) is 84.5 Å². The quantitative estimate of drug-likeness (QED) is 0.357. The summed E-state index contributed by atoms with van der Waals surface area (Å²) < 4.78 is 30.3. The molecule has 0 aromatic heterocycles. The number of ether oxygens (including phenoxy) is 3. The highest BCUT2D eigenvalue weighted by Crippen LogP contribution is 2.35. The summed E-state index contributed by atoms with van der Waals surface area (Å²) in [4.78, 5) is 16.4. The molecule has 0 N–H and O–H groups in total. The van der Waals surface area contributed by atoms with Crippen LogP contribution in [0.5, 0.6) is 11.5 Å². The number of cyclic esters (lactones) is 1. The molecule has 1 aliphatic heterocycles. The molecule has 0 radical (unpaired) electrons. The third-order valence-electron chi connectivity index (χ3n) is 3.62. The smallest absolute Gasteiger partial charge is 0.363 e. The van der Waals surface area contributed by atoms with Gasteiger partial charge in [0.2, 0.25) is 5.90 Å². The van der Waals surface area contributed by atoms with Gasteiger partial charge in [0.25, 0.3) is 0 Å². The molecule has 7 heteroatoms. The minimum Gasteiger partial charge on any atom is -0.493 e. The molecule has 0 saturated heterocycles. The van der Waals surface area contributed by atoms with Crippen molar-refractivity contribution < 1.29 is 23.4 Å². The van der Waals surface area contributed by atoms with Gasteiger partial charge in [0.05, 0.1) is 16.8 Å². The topological polar surface area (TPSA) is 57.1 Å². The second-order valence-electron chi connectivity index (χ2n) is 6.04. The Kier molecular flexibility index (Phi) is 5.79. The summed E-state index contributed by atoms with van der Waals surface area (Å²) in [6.45, 7) is 3.87. The molecular weight excluding hydrogens is 464 g/mol. The van der Waals surface area contributed by atoms with Gasteiger partial charge in [-0.3, -0.25) is 0 Å². The van der Waals surface area contributed by atoms with Gasteiger partial charge in [0.1, 0.15) is 5.82 Å². The standard InChI is InChI=1S/C20H17FINO4/c1-11(2)26-18-15(22)8-12(10-17(18)25-3)9-16-20(24)27-19(23-16)13-4-6-14(21)7-5-13/h4-11H,1-3H3/b16-9-. The molecule has 0 unspecified atom stereocenters. The third-order valence-corrected chi connectivity index (χ3v) is 4.42. The van der Waals surface area contributed by atoms with Crippen LogP contribution in [0.15, 0.2) is 47.1 Å². The van der Waals surface area contributed by atoms with Crippen LogP contribution in [0.3, 0.4) is 0 Å². The minimum absolute atomic E-state index is 0.00398. The van der Waals surface area contributed by atoms with Crippen molar-refractivity contribution in [1.29, 1.82) is 0 Å². The molecule has 140 valence electrons. The highest BCUT2D eigenvalue weighted by atomic mass is 127. The zero-order valence-electron chi connectivity index (χ0n) is 15.0. The van der Waals surface area contributed by atoms with E-state index >= 15 is 0 Å². The Labute approximate surface area is 170 Å². The number of hydrogen-bond acceptors (Lipinski definition) is 5. The van der Waals surface area contributed by atoms with Gasteiger partial charge < -0.3 is 14.2 Å². The Balaban J connectivity index is 1.95.